The van der Waals surface area contributed by atoms with Crippen LogP contribution >= 0.6 is 0 Å². The summed E-state index contributed by atoms with van der Waals surface area (Å²) in [5.74, 6) is 1.94. The molecule has 1 N–H and O–H groups in total. The van der Waals surface area contributed by atoms with Crippen LogP contribution in [0.15, 0.2) is 42.5 Å². The average Bonchev–Trinajstić information content (AvgIpc) is 2.91. The van der Waals surface area contributed by atoms with Gasteiger partial charge in [-0.15, -0.1) is 0 Å². The third-order valence-electron chi connectivity index (χ3n) is 4.42. The minimum absolute atomic E-state index is 0.0331. The standard InChI is InChI=1S/C21H21NO4/c23-21(14-26-18-8-3-6-15-5-1-2-7-17(15)18)22-16-9-10-19-20(13-16)25-12-4-11-24-19/h1,3,5-6,8-10,13H,2,4,7,11-12,14H2,(H,22,23). The van der Waals surface area contributed by atoms with Crippen molar-refractivity contribution >= 4 is 17.7 Å². The second-order valence-corrected chi connectivity index (χ2v) is 6.31. The Bertz CT molecular complexity index is 844. The molecule has 0 aromatic heterocycles. The quantitative estimate of drug-likeness (QED) is 0.910. The maximum absolute atomic E-state index is 12.3. The van der Waals surface area contributed by atoms with Crippen LogP contribution in [0, 0.1) is 0 Å². The number of fused-ring (bicyclic) bond motifs is 2. The Balaban J connectivity index is 1.39. The molecule has 0 fully saturated rings. The molecule has 0 bridgehead atoms. The SMILES string of the molecule is O=C(COc1cccc2c1CCC=C2)Nc1ccc2c(c1)OCCCO2. The minimum Gasteiger partial charge on any atom is -0.490 e. The molecule has 1 amide bonds. The monoisotopic (exact) mass is 351 g/mol. The van der Waals surface area contributed by atoms with Gasteiger partial charge in [0.1, 0.15) is 5.75 Å². The number of allylic oxidation sites excluding steroid dienone is 1. The Morgan fingerprint density at radius 3 is 2.92 bits per heavy atom. The fourth-order valence-electron chi connectivity index (χ4n) is 3.16. The highest BCUT2D eigenvalue weighted by atomic mass is 16.5. The van der Waals surface area contributed by atoms with Crippen LogP contribution in [0.2, 0.25) is 0 Å². The summed E-state index contributed by atoms with van der Waals surface area (Å²) in [6.07, 6.45) is 7.04. The molecule has 2 aromatic rings. The van der Waals surface area contributed by atoms with E-state index in [4.69, 9.17) is 14.2 Å². The van der Waals surface area contributed by atoms with E-state index >= 15 is 0 Å². The fraction of sp³-hybridized carbons (Fsp3) is 0.286. The van der Waals surface area contributed by atoms with Crippen LogP contribution in [0.4, 0.5) is 5.69 Å². The summed E-state index contributed by atoms with van der Waals surface area (Å²) in [5, 5.41) is 2.85. The first-order chi connectivity index (χ1) is 12.8. The Hall–Kier alpha value is -2.95. The number of rotatable bonds is 4. The zero-order valence-corrected chi connectivity index (χ0v) is 14.5. The molecule has 4 rings (SSSR count). The van der Waals surface area contributed by atoms with E-state index in [-0.39, 0.29) is 12.5 Å². The van der Waals surface area contributed by atoms with Gasteiger partial charge in [-0.1, -0.05) is 24.3 Å². The predicted molar refractivity (Wildman–Crippen MR) is 100.0 cm³/mol. The molecule has 5 nitrogen and oxygen atoms in total. The molecule has 0 unspecified atom stereocenters. The van der Waals surface area contributed by atoms with Crippen LogP contribution in [0.25, 0.3) is 6.08 Å². The summed E-state index contributed by atoms with van der Waals surface area (Å²) in [6.45, 7) is 1.22. The highest BCUT2D eigenvalue weighted by molar-refractivity contribution is 5.92. The second-order valence-electron chi connectivity index (χ2n) is 6.31. The number of anilines is 1. The van der Waals surface area contributed by atoms with Gasteiger partial charge in [0, 0.05) is 23.7 Å². The zero-order chi connectivity index (χ0) is 17.8. The molecule has 0 saturated heterocycles. The number of amides is 1. The number of hydrogen-bond donors (Lipinski definition) is 1. The molecule has 1 aliphatic carbocycles. The van der Waals surface area contributed by atoms with Gasteiger partial charge in [0.05, 0.1) is 13.2 Å². The molecule has 5 heteroatoms. The van der Waals surface area contributed by atoms with Gasteiger partial charge < -0.3 is 19.5 Å². The third-order valence-corrected chi connectivity index (χ3v) is 4.42. The average molecular weight is 351 g/mol. The van der Waals surface area contributed by atoms with Crippen LogP contribution in [0.3, 0.4) is 0 Å². The van der Waals surface area contributed by atoms with Crippen LogP contribution in [0.1, 0.15) is 24.0 Å². The molecule has 2 aromatic carbocycles. The van der Waals surface area contributed by atoms with Gasteiger partial charge >= 0.3 is 0 Å². The lowest BCUT2D eigenvalue weighted by molar-refractivity contribution is -0.118. The first kappa shape index (κ1) is 16.5. The van der Waals surface area contributed by atoms with Gasteiger partial charge in [-0.2, -0.15) is 0 Å². The van der Waals surface area contributed by atoms with Crippen molar-refractivity contribution in [1.82, 2.24) is 0 Å². The Kier molecular flexibility index (Phi) is 4.78. The molecule has 0 saturated carbocycles. The van der Waals surface area contributed by atoms with Crippen molar-refractivity contribution < 1.29 is 19.0 Å². The lowest BCUT2D eigenvalue weighted by Gasteiger charge is -2.16. The summed E-state index contributed by atoms with van der Waals surface area (Å²) in [6, 6.07) is 11.3. The Morgan fingerprint density at radius 1 is 1.12 bits per heavy atom. The molecule has 134 valence electrons. The van der Waals surface area contributed by atoms with Gasteiger partial charge in [0.15, 0.2) is 18.1 Å². The maximum Gasteiger partial charge on any atom is 0.262 e. The van der Waals surface area contributed by atoms with Gasteiger partial charge in [-0.05, 0) is 36.6 Å². The Morgan fingerprint density at radius 2 is 2.00 bits per heavy atom. The van der Waals surface area contributed by atoms with Crippen molar-refractivity contribution in [3.8, 4) is 17.2 Å². The molecule has 0 radical (unpaired) electrons. The van der Waals surface area contributed by atoms with E-state index in [0.29, 0.717) is 30.4 Å². The van der Waals surface area contributed by atoms with E-state index in [1.165, 1.54) is 5.56 Å². The summed E-state index contributed by atoms with van der Waals surface area (Å²) < 4.78 is 17.0. The zero-order valence-electron chi connectivity index (χ0n) is 14.5. The molecule has 1 aliphatic heterocycles. The van der Waals surface area contributed by atoms with Gasteiger partial charge in [0.25, 0.3) is 5.91 Å². The minimum atomic E-state index is -0.205. The molecule has 0 atom stereocenters. The van der Waals surface area contributed by atoms with Crippen molar-refractivity contribution in [2.45, 2.75) is 19.3 Å². The molecule has 0 spiro atoms. The van der Waals surface area contributed by atoms with Gasteiger partial charge in [0.2, 0.25) is 0 Å². The van der Waals surface area contributed by atoms with Crippen molar-refractivity contribution in [3.63, 3.8) is 0 Å². The predicted octanol–water partition coefficient (Wildman–Crippen LogP) is 3.82. The van der Waals surface area contributed by atoms with Crippen molar-refractivity contribution in [1.29, 1.82) is 0 Å². The summed E-state index contributed by atoms with van der Waals surface area (Å²) in [5.41, 5.74) is 3.00. The van der Waals surface area contributed by atoms with Crippen LogP contribution < -0.4 is 19.5 Å². The topological polar surface area (TPSA) is 56.8 Å². The summed E-state index contributed by atoms with van der Waals surface area (Å²) >= 11 is 0. The molecular weight excluding hydrogens is 330 g/mol. The lowest BCUT2D eigenvalue weighted by Crippen LogP contribution is -2.20. The molecule has 2 aliphatic rings. The first-order valence-electron chi connectivity index (χ1n) is 8.90. The second kappa shape index (κ2) is 7.52. The van der Waals surface area contributed by atoms with Crippen molar-refractivity contribution in [2.75, 3.05) is 25.1 Å². The molecular formula is C21H21NO4. The number of carbonyl (C=O) groups excluding carboxylic acids is 1. The van der Waals surface area contributed by atoms with Crippen LogP contribution in [-0.4, -0.2) is 25.7 Å². The number of benzene rings is 2. The summed E-state index contributed by atoms with van der Waals surface area (Å²) in [7, 11) is 0. The van der Waals surface area contributed by atoms with Gasteiger partial charge in [-0.25, -0.2) is 0 Å². The fourth-order valence-corrected chi connectivity index (χ4v) is 3.16. The smallest absolute Gasteiger partial charge is 0.262 e. The normalized spacial score (nSPS) is 14.9. The highest BCUT2D eigenvalue weighted by Crippen LogP contribution is 2.32. The highest BCUT2D eigenvalue weighted by Gasteiger charge is 2.14. The summed E-state index contributed by atoms with van der Waals surface area (Å²) in [4.78, 5) is 12.3. The van der Waals surface area contributed by atoms with E-state index in [0.717, 1.165) is 30.6 Å². The number of nitrogens with one attached hydrogen (secondary N) is 1. The molecule has 1 heterocycles. The first-order valence-corrected chi connectivity index (χ1v) is 8.90. The van der Waals surface area contributed by atoms with Crippen LogP contribution in [0.5, 0.6) is 17.2 Å². The van der Waals surface area contributed by atoms with Crippen LogP contribution in [-0.2, 0) is 11.2 Å². The van der Waals surface area contributed by atoms with Gasteiger partial charge in [-0.3, -0.25) is 4.79 Å². The largest absolute Gasteiger partial charge is 0.490 e. The van der Waals surface area contributed by atoms with E-state index in [2.05, 4.69) is 23.5 Å². The maximum atomic E-state index is 12.3. The lowest BCUT2D eigenvalue weighted by atomic mass is 9.97. The van der Waals surface area contributed by atoms with E-state index in [1.54, 1.807) is 12.1 Å². The van der Waals surface area contributed by atoms with E-state index < -0.39 is 0 Å². The number of ether oxygens (including phenoxy) is 3. The van der Waals surface area contributed by atoms with E-state index in [1.807, 2.05) is 18.2 Å². The van der Waals surface area contributed by atoms with Crippen molar-refractivity contribution in [3.05, 3.63) is 53.6 Å². The molecule has 26 heavy (non-hydrogen) atoms. The number of carbonyl (C=O) groups is 1. The third kappa shape index (κ3) is 3.67. The van der Waals surface area contributed by atoms with Crippen molar-refractivity contribution in [2.24, 2.45) is 0 Å². The van der Waals surface area contributed by atoms with E-state index in [9.17, 15) is 4.79 Å². The number of hydrogen-bond acceptors (Lipinski definition) is 4. The Labute approximate surface area is 152 Å².